The molecule has 0 spiro atoms. The van der Waals surface area contributed by atoms with Gasteiger partial charge in [0.25, 0.3) is 11.7 Å². The van der Waals surface area contributed by atoms with Gasteiger partial charge >= 0.3 is 0 Å². The first kappa shape index (κ1) is 23.8. The number of halogens is 1. The lowest BCUT2D eigenvalue weighted by atomic mass is 9.93. The molecule has 0 aliphatic carbocycles. The molecule has 1 saturated heterocycles. The van der Waals surface area contributed by atoms with Crippen LogP contribution >= 0.6 is 11.6 Å². The van der Waals surface area contributed by atoms with E-state index in [0.717, 1.165) is 11.1 Å². The second-order valence-corrected chi connectivity index (χ2v) is 8.56. The van der Waals surface area contributed by atoms with Gasteiger partial charge in [0.15, 0.2) is 0 Å². The summed E-state index contributed by atoms with van der Waals surface area (Å²) in [5.41, 5.74) is 2.78. The number of Topliss-reactive ketones (excluding diaryl/α,β-unsaturated/α-hetero) is 1. The van der Waals surface area contributed by atoms with Crippen molar-refractivity contribution >= 4 is 29.1 Å². The molecule has 1 heterocycles. The summed E-state index contributed by atoms with van der Waals surface area (Å²) < 4.78 is 11.1. The first-order chi connectivity index (χ1) is 15.1. The van der Waals surface area contributed by atoms with Crippen molar-refractivity contribution < 1.29 is 24.2 Å². The van der Waals surface area contributed by atoms with E-state index in [4.69, 9.17) is 21.1 Å². The van der Waals surface area contributed by atoms with Crippen LogP contribution in [-0.2, 0) is 14.3 Å². The lowest BCUT2D eigenvalue weighted by molar-refractivity contribution is -0.140. The molecule has 170 valence electrons. The Morgan fingerprint density at radius 3 is 2.41 bits per heavy atom. The molecule has 3 rings (SSSR count). The number of methoxy groups -OCH3 is 1. The molecule has 0 radical (unpaired) electrons. The summed E-state index contributed by atoms with van der Waals surface area (Å²) in [5.74, 6) is -1.23. The molecule has 32 heavy (non-hydrogen) atoms. The Morgan fingerprint density at radius 1 is 1.16 bits per heavy atom. The van der Waals surface area contributed by atoms with Crippen molar-refractivity contribution in [3.05, 3.63) is 69.2 Å². The van der Waals surface area contributed by atoms with E-state index in [2.05, 4.69) is 0 Å². The zero-order valence-electron chi connectivity index (χ0n) is 18.9. The minimum atomic E-state index is -0.770. The molecule has 2 aromatic carbocycles. The van der Waals surface area contributed by atoms with E-state index in [-0.39, 0.29) is 30.6 Å². The summed E-state index contributed by atoms with van der Waals surface area (Å²) in [6, 6.07) is 9.79. The van der Waals surface area contributed by atoms with Crippen LogP contribution in [0.2, 0.25) is 5.02 Å². The average Bonchev–Trinajstić information content (AvgIpc) is 2.98. The normalized spacial score (nSPS) is 18.0. The summed E-state index contributed by atoms with van der Waals surface area (Å²) in [5, 5.41) is 11.9. The van der Waals surface area contributed by atoms with Crippen molar-refractivity contribution in [2.24, 2.45) is 0 Å². The van der Waals surface area contributed by atoms with Crippen LogP contribution in [-0.4, -0.2) is 48.1 Å². The van der Waals surface area contributed by atoms with E-state index in [1.807, 2.05) is 33.8 Å². The highest BCUT2D eigenvalue weighted by Gasteiger charge is 2.46. The molecule has 1 aliphatic rings. The van der Waals surface area contributed by atoms with Crippen molar-refractivity contribution in [3.8, 4) is 5.75 Å². The van der Waals surface area contributed by atoms with Crippen LogP contribution in [0, 0.1) is 13.8 Å². The number of nitrogens with zero attached hydrogens (tertiary/aromatic N) is 1. The minimum absolute atomic E-state index is 0.0136. The number of aliphatic hydroxyl groups is 1. The minimum Gasteiger partial charge on any atom is -0.507 e. The van der Waals surface area contributed by atoms with Crippen LogP contribution in [0.3, 0.4) is 0 Å². The number of hydrogen-bond acceptors (Lipinski definition) is 5. The molecule has 2 aromatic rings. The molecule has 0 bridgehead atoms. The average molecular weight is 458 g/mol. The molecule has 1 aliphatic heterocycles. The maximum absolute atomic E-state index is 13.1. The predicted octanol–water partition coefficient (Wildman–Crippen LogP) is 4.81. The lowest BCUT2D eigenvalue weighted by Crippen LogP contribution is -2.33. The topological polar surface area (TPSA) is 76.1 Å². The first-order valence-corrected chi connectivity index (χ1v) is 10.8. The second-order valence-electron chi connectivity index (χ2n) is 8.13. The Balaban J connectivity index is 2.18. The maximum atomic E-state index is 13.1. The van der Waals surface area contributed by atoms with E-state index >= 15 is 0 Å². The van der Waals surface area contributed by atoms with Gasteiger partial charge in [0.05, 0.1) is 37.0 Å². The van der Waals surface area contributed by atoms with Crippen molar-refractivity contribution in [2.45, 2.75) is 39.8 Å². The van der Waals surface area contributed by atoms with E-state index in [1.54, 1.807) is 30.3 Å². The Hall–Kier alpha value is -2.83. The highest BCUT2D eigenvalue weighted by atomic mass is 35.5. The summed E-state index contributed by atoms with van der Waals surface area (Å²) in [4.78, 5) is 27.6. The smallest absolute Gasteiger partial charge is 0.295 e. The van der Waals surface area contributed by atoms with Crippen LogP contribution in [0.15, 0.2) is 42.0 Å². The Labute approximate surface area is 193 Å². The van der Waals surface area contributed by atoms with Crippen molar-refractivity contribution in [1.29, 1.82) is 0 Å². The number of amides is 1. The molecule has 1 amide bonds. The third kappa shape index (κ3) is 4.66. The Bertz CT molecular complexity index is 1060. The fourth-order valence-corrected chi connectivity index (χ4v) is 4.16. The highest BCUT2D eigenvalue weighted by molar-refractivity contribution is 6.46. The third-order valence-corrected chi connectivity index (χ3v) is 5.64. The molecular formula is C25H28ClNO5. The first-order valence-electron chi connectivity index (χ1n) is 10.5. The van der Waals surface area contributed by atoms with Crippen molar-refractivity contribution in [2.75, 3.05) is 20.3 Å². The van der Waals surface area contributed by atoms with E-state index < -0.39 is 17.7 Å². The summed E-state index contributed by atoms with van der Waals surface area (Å²) in [7, 11) is 1.51. The zero-order valence-corrected chi connectivity index (χ0v) is 19.7. The number of carbonyl (C=O) groups excluding carboxylic acids is 2. The van der Waals surface area contributed by atoms with Gasteiger partial charge in [-0.3, -0.25) is 9.59 Å². The highest BCUT2D eigenvalue weighted by Crippen LogP contribution is 2.41. The number of aliphatic hydroxyl groups excluding tert-OH is 1. The lowest BCUT2D eigenvalue weighted by Gasteiger charge is -2.26. The van der Waals surface area contributed by atoms with Gasteiger partial charge in [0.2, 0.25) is 0 Å². The van der Waals surface area contributed by atoms with Gasteiger partial charge in [-0.1, -0.05) is 29.8 Å². The van der Waals surface area contributed by atoms with E-state index in [9.17, 15) is 14.7 Å². The van der Waals surface area contributed by atoms with Crippen LogP contribution < -0.4 is 4.74 Å². The van der Waals surface area contributed by atoms with Crippen LogP contribution in [0.5, 0.6) is 5.75 Å². The molecule has 6 nitrogen and oxygen atoms in total. The summed E-state index contributed by atoms with van der Waals surface area (Å²) in [6.07, 6.45) is -0.0136. The van der Waals surface area contributed by atoms with Crippen molar-refractivity contribution in [1.82, 2.24) is 4.90 Å². The van der Waals surface area contributed by atoms with Gasteiger partial charge in [0.1, 0.15) is 11.5 Å². The quantitative estimate of drug-likeness (QED) is 0.366. The van der Waals surface area contributed by atoms with Crippen molar-refractivity contribution in [3.63, 3.8) is 0 Å². The molecule has 1 fully saturated rings. The maximum Gasteiger partial charge on any atom is 0.295 e. The monoisotopic (exact) mass is 457 g/mol. The summed E-state index contributed by atoms with van der Waals surface area (Å²) >= 11 is 6.05. The molecule has 0 saturated carbocycles. The van der Waals surface area contributed by atoms with Gasteiger partial charge in [-0.05, 0) is 62.6 Å². The van der Waals surface area contributed by atoms with Crippen LogP contribution in [0.4, 0.5) is 0 Å². The van der Waals surface area contributed by atoms with Gasteiger partial charge in [-0.15, -0.1) is 0 Å². The largest absolute Gasteiger partial charge is 0.507 e. The number of hydrogen-bond donors (Lipinski definition) is 1. The van der Waals surface area contributed by atoms with Crippen LogP contribution in [0.25, 0.3) is 5.76 Å². The van der Waals surface area contributed by atoms with Gasteiger partial charge in [0, 0.05) is 11.6 Å². The number of rotatable bonds is 7. The number of likely N-dealkylation sites (tertiary alicyclic amines) is 1. The summed E-state index contributed by atoms with van der Waals surface area (Å²) in [6.45, 7) is 8.02. The Kier molecular flexibility index (Phi) is 7.26. The second kappa shape index (κ2) is 9.76. The van der Waals surface area contributed by atoms with E-state index in [1.165, 1.54) is 12.0 Å². The molecule has 1 unspecified atom stereocenters. The number of carbonyl (C=O) groups is 2. The molecule has 1 N–H and O–H groups in total. The SMILES string of the molecule is COc1c(C)cc(C)cc1/C(O)=C1\C(=O)C(=O)N(CCOC(C)C)C1c1ccc(Cl)cc1. The molecule has 0 aromatic heterocycles. The number of ether oxygens (including phenoxy) is 2. The predicted molar refractivity (Wildman–Crippen MR) is 124 cm³/mol. The fourth-order valence-electron chi connectivity index (χ4n) is 4.04. The molecule has 7 heteroatoms. The fraction of sp³-hybridized carbons (Fsp3) is 0.360. The standard InChI is InChI=1S/C25H28ClNO5/c1-14(2)32-11-10-27-21(17-6-8-18(26)9-7-17)20(23(29)25(27)30)22(28)19-13-15(3)12-16(4)24(19)31-5/h6-9,12-14,21,28H,10-11H2,1-5H3/b22-20+. The van der Waals surface area contributed by atoms with Gasteiger partial charge < -0.3 is 19.5 Å². The van der Waals surface area contributed by atoms with Gasteiger partial charge in [-0.2, -0.15) is 0 Å². The number of aryl methyl sites for hydroxylation is 2. The number of ketones is 1. The van der Waals surface area contributed by atoms with E-state index in [0.29, 0.717) is 21.9 Å². The third-order valence-electron chi connectivity index (χ3n) is 5.39. The van der Waals surface area contributed by atoms with Crippen LogP contribution in [0.1, 0.15) is 42.1 Å². The Morgan fingerprint density at radius 2 is 1.81 bits per heavy atom. The number of benzene rings is 2. The zero-order chi connectivity index (χ0) is 23.6. The van der Waals surface area contributed by atoms with Gasteiger partial charge in [-0.25, -0.2) is 0 Å². The molecule has 1 atom stereocenters. The molecular weight excluding hydrogens is 430 g/mol.